The van der Waals surface area contributed by atoms with Crippen LogP contribution in [-0.4, -0.2) is 24.5 Å². The van der Waals surface area contributed by atoms with Gasteiger partial charge in [-0.05, 0) is 19.3 Å². The van der Waals surface area contributed by atoms with Gasteiger partial charge in [0, 0.05) is 19.2 Å². The molecule has 0 radical (unpaired) electrons. The second-order valence-electron chi connectivity index (χ2n) is 5.11. The molecule has 1 unspecified atom stereocenters. The molecule has 3 rings (SSSR count). The minimum absolute atomic E-state index is 0.122. The maximum absolute atomic E-state index is 5.76. The fourth-order valence-corrected chi connectivity index (χ4v) is 2.77. The van der Waals surface area contributed by atoms with Gasteiger partial charge in [-0.25, -0.2) is 0 Å². The molecule has 3 heterocycles. The highest BCUT2D eigenvalue weighted by molar-refractivity contribution is 5.31. The summed E-state index contributed by atoms with van der Waals surface area (Å²) in [6.07, 6.45) is 9.20. The van der Waals surface area contributed by atoms with Gasteiger partial charge in [0.15, 0.2) is 5.82 Å². The van der Waals surface area contributed by atoms with Crippen molar-refractivity contribution in [3.05, 3.63) is 24.0 Å². The number of aromatic nitrogens is 5. The Balaban J connectivity index is 1.98. The Morgan fingerprint density at radius 1 is 1.32 bits per heavy atom. The Hall–Kier alpha value is -1.85. The summed E-state index contributed by atoms with van der Waals surface area (Å²) in [4.78, 5) is 0. The number of rotatable bonds is 3. The van der Waals surface area contributed by atoms with Crippen LogP contribution in [0.3, 0.4) is 0 Å². The predicted molar refractivity (Wildman–Crippen MR) is 72.6 cm³/mol. The molecule has 1 atom stereocenters. The van der Waals surface area contributed by atoms with E-state index >= 15 is 0 Å². The molecule has 19 heavy (non-hydrogen) atoms. The molecule has 0 bridgehead atoms. The van der Waals surface area contributed by atoms with E-state index in [1.807, 2.05) is 10.9 Å². The molecule has 2 N–H and O–H groups in total. The number of nitrogens with two attached hydrogens (primary N) is 1. The second-order valence-corrected chi connectivity index (χ2v) is 5.11. The average molecular weight is 260 g/mol. The number of nitrogens with zero attached hydrogens (tertiary/aromatic N) is 5. The van der Waals surface area contributed by atoms with Crippen molar-refractivity contribution in [2.75, 3.05) is 5.73 Å². The van der Waals surface area contributed by atoms with Gasteiger partial charge < -0.3 is 10.3 Å². The highest BCUT2D eigenvalue weighted by Crippen LogP contribution is 2.24. The molecule has 0 amide bonds. The summed E-state index contributed by atoms with van der Waals surface area (Å²) in [6.45, 7) is 3.16. The van der Waals surface area contributed by atoms with Crippen LogP contribution in [0.1, 0.15) is 50.3 Å². The summed E-state index contributed by atoms with van der Waals surface area (Å²) in [5.41, 5.74) is 6.45. The molecule has 0 aromatic carbocycles. The molecule has 6 nitrogen and oxygen atoms in total. The standard InChI is InChI=1S/C13H20N6/c1-2-11(19-9-10(14)8-15-19)13-17-16-12-6-4-3-5-7-18(12)13/h8-9,11H,2-7,14H2,1H3. The normalized spacial score (nSPS) is 16.9. The van der Waals surface area contributed by atoms with Crippen molar-refractivity contribution < 1.29 is 0 Å². The maximum atomic E-state index is 5.76. The number of hydrogen-bond donors (Lipinski definition) is 1. The summed E-state index contributed by atoms with van der Waals surface area (Å²) in [5.74, 6) is 2.13. The van der Waals surface area contributed by atoms with E-state index in [0.29, 0.717) is 5.69 Å². The molecule has 1 aliphatic rings. The summed E-state index contributed by atoms with van der Waals surface area (Å²) in [7, 11) is 0. The fourth-order valence-electron chi connectivity index (χ4n) is 2.77. The van der Waals surface area contributed by atoms with Gasteiger partial charge in [-0.15, -0.1) is 10.2 Å². The van der Waals surface area contributed by atoms with Crippen LogP contribution < -0.4 is 5.73 Å². The van der Waals surface area contributed by atoms with E-state index in [1.165, 1.54) is 19.3 Å². The van der Waals surface area contributed by atoms with Crippen LogP contribution >= 0.6 is 0 Å². The first-order chi connectivity index (χ1) is 9.29. The summed E-state index contributed by atoms with van der Waals surface area (Å²) in [5, 5.41) is 13.1. The first-order valence-corrected chi connectivity index (χ1v) is 7.01. The molecule has 0 spiro atoms. The van der Waals surface area contributed by atoms with Crippen LogP contribution in [0.4, 0.5) is 5.69 Å². The van der Waals surface area contributed by atoms with Gasteiger partial charge in [-0.3, -0.25) is 4.68 Å². The summed E-state index contributed by atoms with van der Waals surface area (Å²) in [6, 6.07) is 0.122. The lowest BCUT2D eigenvalue weighted by Gasteiger charge is -2.16. The van der Waals surface area contributed by atoms with Gasteiger partial charge >= 0.3 is 0 Å². The zero-order chi connectivity index (χ0) is 13.2. The molecule has 0 aliphatic carbocycles. The van der Waals surface area contributed by atoms with Crippen LogP contribution in [0, 0.1) is 0 Å². The average Bonchev–Trinajstić information content (AvgIpc) is 2.92. The molecule has 102 valence electrons. The van der Waals surface area contributed by atoms with Crippen LogP contribution in [0.15, 0.2) is 12.4 Å². The smallest absolute Gasteiger partial charge is 0.157 e. The zero-order valence-electron chi connectivity index (χ0n) is 11.3. The second kappa shape index (κ2) is 5.03. The molecule has 6 heteroatoms. The van der Waals surface area contributed by atoms with Gasteiger partial charge in [-0.2, -0.15) is 5.10 Å². The van der Waals surface area contributed by atoms with Crippen molar-refractivity contribution >= 4 is 5.69 Å². The van der Waals surface area contributed by atoms with Crippen molar-refractivity contribution in [3.63, 3.8) is 0 Å². The lowest BCUT2D eigenvalue weighted by atomic mass is 10.2. The van der Waals surface area contributed by atoms with E-state index in [9.17, 15) is 0 Å². The van der Waals surface area contributed by atoms with E-state index in [-0.39, 0.29) is 6.04 Å². The van der Waals surface area contributed by atoms with Crippen LogP contribution in [0.25, 0.3) is 0 Å². The summed E-state index contributed by atoms with van der Waals surface area (Å²) >= 11 is 0. The molecular formula is C13H20N6. The number of hydrogen-bond acceptors (Lipinski definition) is 4. The van der Waals surface area contributed by atoms with E-state index < -0.39 is 0 Å². The molecular weight excluding hydrogens is 240 g/mol. The Morgan fingerprint density at radius 2 is 2.21 bits per heavy atom. The SMILES string of the molecule is CCC(c1nnc2n1CCCCC2)n1cc(N)cn1. The highest BCUT2D eigenvalue weighted by atomic mass is 15.4. The molecule has 2 aromatic heterocycles. The number of anilines is 1. The topological polar surface area (TPSA) is 74.5 Å². The number of aryl methyl sites for hydroxylation is 1. The first-order valence-electron chi connectivity index (χ1n) is 7.01. The summed E-state index contributed by atoms with van der Waals surface area (Å²) < 4.78 is 4.18. The minimum Gasteiger partial charge on any atom is -0.396 e. The third-order valence-corrected chi connectivity index (χ3v) is 3.76. The quantitative estimate of drug-likeness (QED) is 0.912. The van der Waals surface area contributed by atoms with E-state index in [4.69, 9.17) is 5.73 Å². The van der Waals surface area contributed by atoms with E-state index in [2.05, 4.69) is 26.8 Å². The van der Waals surface area contributed by atoms with Gasteiger partial charge in [0.25, 0.3) is 0 Å². The monoisotopic (exact) mass is 260 g/mol. The van der Waals surface area contributed by atoms with Gasteiger partial charge in [0.2, 0.25) is 0 Å². The van der Waals surface area contributed by atoms with Crippen LogP contribution in [0.5, 0.6) is 0 Å². The highest BCUT2D eigenvalue weighted by Gasteiger charge is 2.22. The fraction of sp³-hybridized carbons (Fsp3) is 0.615. The van der Waals surface area contributed by atoms with Crippen molar-refractivity contribution in [1.82, 2.24) is 24.5 Å². The van der Waals surface area contributed by atoms with Crippen molar-refractivity contribution in [2.24, 2.45) is 0 Å². The van der Waals surface area contributed by atoms with Gasteiger partial charge in [0.1, 0.15) is 11.9 Å². The molecule has 0 saturated carbocycles. The van der Waals surface area contributed by atoms with E-state index in [1.54, 1.807) is 6.20 Å². The number of nitrogen functional groups attached to an aromatic ring is 1. The Kier molecular flexibility index (Phi) is 3.23. The predicted octanol–water partition coefficient (Wildman–Crippen LogP) is 1.78. The lowest BCUT2D eigenvalue weighted by molar-refractivity contribution is 0.454. The Morgan fingerprint density at radius 3 is 2.95 bits per heavy atom. The maximum Gasteiger partial charge on any atom is 0.157 e. The Labute approximate surface area is 112 Å². The van der Waals surface area contributed by atoms with E-state index in [0.717, 1.165) is 31.0 Å². The van der Waals surface area contributed by atoms with Crippen LogP contribution in [0.2, 0.25) is 0 Å². The Bertz CT molecular complexity index is 555. The number of fused-ring (bicyclic) bond motifs is 1. The van der Waals surface area contributed by atoms with Gasteiger partial charge in [0.05, 0.1) is 11.9 Å². The molecule has 0 saturated heterocycles. The third kappa shape index (κ3) is 2.22. The molecule has 0 fully saturated rings. The minimum atomic E-state index is 0.122. The molecule has 2 aromatic rings. The van der Waals surface area contributed by atoms with Gasteiger partial charge in [-0.1, -0.05) is 13.3 Å². The largest absolute Gasteiger partial charge is 0.396 e. The lowest BCUT2D eigenvalue weighted by Crippen LogP contribution is -2.17. The van der Waals surface area contributed by atoms with Crippen LogP contribution in [-0.2, 0) is 13.0 Å². The molecule has 1 aliphatic heterocycles. The van der Waals surface area contributed by atoms with Crippen molar-refractivity contribution in [3.8, 4) is 0 Å². The van der Waals surface area contributed by atoms with Crippen molar-refractivity contribution in [1.29, 1.82) is 0 Å². The third-order valence-electron chi connectivity index (χ3n) is 3.76. The first kappa shape index (κ1) is 12.2. The zero-order valence-corrected chi connectivity index (χ0v) is 11.3. The van der Waals surface area contributed by atoms with Crippen molar-refractivity contribution in [2.45, 2.75) is 51.6 Å².